The molecule has 0 unspecified atom stereocenters. The highest BCUT2D eigenvalue weighted by Gasteiger charge is 2.31. The van der Waals surface area contributed by atoms with Gasteiger partial charge in [-0.15, -0.1) is 0 Å². The van der Waals surface area contributed by atoms with Gasteiger partial charge in [0.15, 0.2) is 0 Å². The lowest BCUT2D eigenvalue weighted by molar-refractivity contribution is 0.00727. The number of nitrogens with one attached hydrogen (secondary N) is 1. The van der Waals surface area contributed by atoms with Crippen LogP contribution in [0.2, 0.25) is 0 Å². The first-order chi connectivity index (χ1) is 13.6. The fraction of sp³-hybridized carbons (Fsp3) is 0.500. The summed E-state index contributed by atoms with van der Waals surface area (Å²) in [6.07, 6.45) is 9.30. The fourth-order valence-electron chi connectivity index (χ4n) is 4.51. The van der Waals surface area contributed by atoms with Crippen LogP contribution in [0.15, 0.2) is 42.7 Å². The van der Waals surface area contributed by atoms with Crippen molar-refractivity contribution in [3.8, 4) is 5.69 Å². The number of halogens is 1. The molecule has 5 nitrogen and oxygen atoms in total. The number of benzene rings is 1. The predicted molar refractivity (Wildman–Crippen MR) is 106 cm³/mol. The van der Waals surface area contributed by atoms with Gasteiger partial charge in [-0.25, -0.2) is 4.39 Å². The molecule has 0 radical (unpaired) electrons. The van der Waals surface area contributed by atoms with E-state index in [0.717, 1.165) is 45.2 Å². The van der Waals surface area contributed by atoms with Gasteiger partial charge in [-0.3, -0.25) is 9.69 Å². The van der Waals surface area contributed by atoms with Gasteiger partial charge in [0.25, 0.3) is 5.91 Å². The summed E-state index contributed by atoms with van der Waals surface area (Å²) in [5.74, 6) is -0.640. The highest BCUT2D eigenvalue weighted by molar-refractivity contribution is 5.94. The molecule has 1 aromatic heterocycles. The zero-order chi connectivity index (χ0) is 19.5. The Morgan fingerprint density at radius 1 is 1.07 bits per heavy atom. The van der Waals surface area contributed by atoms with E-state index in [1.54, 1.807) is 29.1 Å². The quantitative estimate of drug-likeness (QED) is 0.850. The van der Waals surface area contributed by atoms with Crippen LogP contribution in [0.1, 0.15) is 48.9 Å². The molecule has 1 aromatic carbocycles. The maximum atomic E-state index is 14.4. The van der Waals surface area contributed by atoms with E-state index in [1.807, 2.05) is 12.1 Å². The maximum Gasteiger partial charge on any atom is 0.251 e. The number of aliphatic hydroxyl groups is 1. The summed E-state index contributed by atoms with van der Waals surface area (Å²) in [6, 6.07) is 8.63. The molecule has 1 saturated carbocycles. The average molecular weight is 385 g/mol. The second-order valence-corrected chi connectivity index (χ2v) is 7.96. The lowest BCUT2D eigenvalue weighted by Gasteiger charge is -2.41. The van der Waals surface area contributed by atoms with Crippen LogP contribution in [-0.2, 0) is 0 Å². The van der Waals surface area contributed by atoms with Crippen molar-refractivity contribution >= 4 is 5.91 Å². The Morgan fingerprint density at radius 3 is 2.46 bits per heavy atom. The second kappa shape index (κ2) is 8.45. The highest BCUT2D eigenvalue weighted by atomic mass is 19.1. The number of likely N-dealkylation sites (tertiary alicyclic amines) is 1. The number of amides is 1. The predicted octanol–water partition coefficient (Wildman–Crippen LogP) is 3.11. The van der Waals surface area contributed by atoms with E-state index >= 15 is 0 Å². The number of rotatable bonds is 4. The molecule has 2 N–H and O–H groups in total. The minimum absolute atomic E-state index is 0.0941. The third-order valence-corrected chi connectivity index (χ3v) is 6.12. The minimum Gasteiger partial charge on any atom is -0.391 e. The standard InChI is InChI=1S/C22H28FN3O2/c23-18-15-16(7-8-19(18)25-11-3-4-12-25)22(28)24-17-9-13-26(14-10-17)20-5-1-2-6-21(20)27/h3-4,7-8,11-12,15,17,20-21,27H,1-2,5-6,9-10,13-14H2,(H,24,28)/t20-,21+/m0/s1. The van der Waals surface area contributed by atoms with Crippen LogP contribution in [0, 0.1) is 5.82 Å². The smallest absolute Gasteiger partial charge is 0.251 e. The Balaban J connectivity index is 1.33. The van der Waals surface area contributed by atoms with Gasteiger partial charge in [0, 0.05) is 43.1 Å². The molecule has 1 aliphatic heterocycles. The van der Waals surface area contributed by atoms with Gasteiger partial charge in [-0.05, 0) is 56.0 Å². The first-order valence-corrected chi connectivity index (χ1v) is 10.3. The third kappa shape index (κ3) is 4.13. The second-order valence-electron chi connectivity index (χ2n) is 7.96. The molecule has 2 aliphatic rings. The summed E-state index contributed by atoms with van der Waals surface area (Å²) in [5.41, 5.74) is 0.777. The van der Waals surface area contributed by atoms with Crippen LogP contribution >= 0.6 is 0 Å². The van der Waals surface area contributed by atoms with Crippen LogP contribution in [0.5, 0.6) is 0 Å². The van der Waals surface area contributed by atoms with Crippen LogP contribution in [0.4, 0.5) is 4.39 Å². The van der Waals surface area contributed by atoms with Gasteiger partial charge in [-0.2, -0.15) is 0 Å². The average Bonchev–Trinajstić information content (AvgIpc) is 3.23. The molecule has 0 spiro atoms. The summed E-state index contributed by atoms with van der Waals surface area (Å²) >= 11 is 0. The molecule has 28 heavy (non-hydrogen) atoms. The highest BCUT2D eigenvalue weighted by Crippen LogP contribution is 2.26. The number of hydrogen-bond donors (Lipinski definition) is 2. The zero-order valence-corrected chi connectivity index (χ0v) is 16.1. The van der Waals surface area contributed by atoms with Gasteiger partial charge in [0.2, 0.25) is 0 Å². The van der Waals surface area contributed by atoms with Crippen molar-refractivity contribution in [2.24, 2.45) is 0 Å². The van der Waals surface area contributed by atoms with Crippen molar-refractivity contribution < 1.29 is 14.3 Å². The van der Waals surface area contributed by atoms with E-state index in [1.165, 1.54) is 12.5 Å². The molecule has 150 valence electrons. The van der Waals surface area contributed by atoms with E-state index < -0.39 is 5.82 Å². The minimum atomic E-state index is -0.412. The normalized spacial score (nSPS) is 24.2. The lowest BCUT2D eigenvalue weighted by atomic mass is 9.89. The van der Waals surface area contributed by atoms with E-state index in [-0.39, 0.29) is 24.1 Å². The molecule has 1 aliphatic carbocycles. The summed E-state index contributed by atoms with van der Waals surface area (Å²) in [4.78, 5) is 14.9. The molecule has 1 saturated heterocycles. The van der Waals surface area contributed by atoms with Crippen molar-refractivity contribution in [1.82, 2.24) is 14.8 Å². The van der Waals surface area contributed by atoms with Gasteiger partial charge >= 0.3 is 0 Å². The number of carbonyl (C=O) groups excluding carboxylic acids is 1. The van der Waals surface area contributed by atoms with Crippen molar-refractivity contribution in [3.05, 3.63) is 54.1 Å². The Morgan fingerprint density at radius 2 is 1.79 bits per heavy atom. The SMILES string of the molecule is O=C(NC1CCN([C@H]2CCCC[C@H]2O)CC1)c1ccc(-n2cccc2)c(F)c1. The van der Waals surface area contributed by atoms with Gasteiger partial charge < -0.3 is 15.0 Å². The van der Waals surface area contributed by atoms with Crippen molar-refractivity contribution in [2.75, 3.05) is 13.1 Å². The van der Waals surface area contributed by atoms with Crippen LogP contribution in [-0.4, -0.2) is 51.8 Å². The summed E-state index contributed by atoms with van der Waals surface area (Å²) in [5, 5.41) is 13.3. The van der Waals surface area contributed by atoms with E-state index in [9.17, 15) is 14.3 Å². The molecule has 6 heteroatoms. The number of hydrogen-bond acceptors (Lipinski definition) is 3. The number of aromatic nitrogens is 1. The fourth-order valence-corrected chi connectivity index (χ4v) is 4.51. The summed E-state index contributed by atoms with van der Waals surface area (Å²) < 4.78 is 16.1. The van der Waals surface area contributed by atoms with Crippen molar-refractivity contribution in [3.63, 3.8) is 0 Å². The van der Waals surface area contributed by atoms with Gasteiger partial charge in [0.1, 0.15) is 5.82 Å². The van der Waals surface area contributed by atoms with E-state index in [4.69, 9.17) is 0 Å². The molecule has 1 amide bonds. The summed E-state index contributed by atoms with van der Waals surface area (Å²) in [7, 11) is 0. The topological polar surface area (TPSA) is 57.5 Å². The Labute approximate surface area is 165 Å². The molecule has 2 aromatic rings. The first kappa shape index (κ1) is 19.2. The Bertz CT molecular complexity index is 800. The maximum absolute atomic E-state index is 14.4. The van der Waals surface area contributed by atoms with Gasteiger partial charge in [-0.1, -0.05) is 12.8 Å². The summed E-state index contributed by atoms with van der Waals surface area (Å²) in [6.45, 7) is 1.77. The zero-order valence-electron chi connectivity index (χ0n) is 16.1. The monoisotopic (exact) mass is 385 g/mol. The molecule has 2 fully saturated rings. The molecule has 0 bridgehead atoms. The Hall–Kier alpha value is -2.18. The van der Waals surface area contributed by atoms with Crippen molar-refractivity contribution in [2.45, 2.75) is 56.7 Å². The van der Waals surface area contributed by atoms with Crippen LogP contribution in [0.25, 0.3) is 5.69 Å². The number of piperidine rings is 1. The number of nitrogens with zero attached hydrogens (tertiary/aromatic N) is 2. The number of aliphatic hydroxyl groups excluding tert-OH is 1. The van der Waals surface area contributed by atoms with Crippen LogP contribution in [0.3, 0.4) is 0 Å². The largest absolute Gasteiger partial charge is 0.391 e. The molecule has 2 heterocycles. The first-order valence-electron chi connectivity index (χ1n) is 10.3. The molecular formula is C22H28FN3O2. The molecular weight excluding hydrogens is 357 g/mol. The third-order valence-electron chi connectivity index (χ3n) is 6.12. The van der Waals surface area contributed by atoms with Crippen LogP contribution < -0.4 is 5.32 Å². The van der Waals surface area contributed by atoms with Crippen molar-refractivity contribution in [1.29, 1.82) is 0 Å². The van der Waals surface area contributed by atoms with E-state index in [2.05, 4.69) is 10.2 Å². The molecule has 4 rings (SSSR count). The molecule has 2 atom stereocenters. The lowest BCUT2D eigenvalue weighted by Crippen LogP contribution is -2.52. The van der Waals surface area contributed by atoms with E-state index in [0.29, 0.717) is 11.3 Å². The Kier molecular flexibility index (Phi) is 5.78. The number of carbonyl (C=O) groups is 1. The van der Waals surface area contributed by atoms with Gasteiger partial charge in [0.05, 0.1) is 11.8 Å².